The van der Waals surface area contributed by atoms with Crippen LogP contribution in [0, 0.1) is 0 Å². The molecule has 2 aliphatic rings. The highest BCUT2D eigenvalue weighted by Crippen LogP contribution is 2.41. The summed E-state index contributed by atoms with van der Waals surface area (Å²) in [6.45, 7) is 7.09. The molecule has 2 aliphatic heterocycles. The maximum Gasteiger partial charge on any atom is 0.257 e. The van der Waals surface area contributed by atoms with Gasteiger partial charge in [0.1, 0.15) is 11.6 Å². The lowest BCUT2D eigenvalue weighted by Gasteiger charge is -2.24. The molecule has 0 saturated carbocycles. The van der Waals surface area contributed by atoms with Gasteiger partial charge in [-0.25, -0.2) is 9.97 Å². The van der Waals surface area contributed by atoms with Gasteiger partial charge in [0.2, 0.25) is 0 Å². The monoisotopic (exact) mass is 366 g/mol. The third-order valence-corrected chi connectivity index (χ3v) is 5.64. The van der Waals surface area contributed by atoms with Gasteiger partial charge in [-0.2, -0.15) is 0 Å². The summed E-state index contributed by atoms with van der Waals surface area (Å²) in [6, 6.07) is 8.05. The maximum atomic E-state index is 13.1. The SMILES string of the molecule is CN(Cc1ncccn1)[C@@H]1CCN(C(=O)c2cccc3c2OCC3(C)C)C1. The predicted octanol–water partition coefficient (Wildman–Crippen LogP) is 2.49. The van der Waals surface area contributed by atoms with Gasteiger partial charge in [-0.05, 0) is 25.6 Å². The zero-order chi connectivity index (χ0) is 19.0. The number of para-hydroxylation sites is 1. The maximum absolute atomic E-state index is 13.1. The number of hydrogen-bond donors (Lipinski definition) is 0. The largest absolute Gasteiger partial charge is 0.492 e. The number of aromatic nitrogens is 2. The Labute approximate surface area is 160 Å². The van der Waals surface area contributed by atoms with Crippen molar-refractivity contribution < 1.29 is 9.53 Å². The minimum absolute atomic E-state index is 0.0466. The molecule has 6 nitrogen and oxygen atoms in total. The van der Waals surface area contributed by atoms with E-state index in [4.69, 9.17) is 4.74 Å². The average molecular weight is 366 g/mol. The van der Waals surface area contributed by atoms with Crippen molar-refractivity contribution in [3.8, 4) is 5.75 Å². The molecule has 0 spiro atoms. The van der Waals surface area contributed by atoms with Gasteiger partial charge in [-0.1, -0.05) is 26.0 Å². The fourth-order valence-corrected chi connectivity index (χ4v) is 3.94. The Balaban J connectivity index is 1.45. The average Bonchev–Trinajstić information content (AvgIpc) is 3.27. The van der Waals surface area contributed by atoms with Crippen molar-refractivity contribution in [3.63, 3.8) is 0 Å². The van der Waals surface area contributed by atoms with E-state index < -0.39 is 0 Å². The topological polar surface area (TPSA) is 58.6 Å². The van der Waals surface area contributed by atoms with Crippen LogP contribution in [0.3, 0.4) is 0 Å². The van der Waals surface area contributed by atoms with E-state index in [1.807, 2.05) is 23.1 Å². The lowest BCUT2D eigenvalue weighted by atomic mass is 9.86. The van der Waals surface area contributed by atoms with Crippen molar-refractivity contribution in [1.29, 1.82) is 0 Å². The number of ether oxygens (including phenoxy) is 1. The first-order valence-corrected chi connectivity index (χ1v) is 9.47. The molecule has 142 valence electrons. The third-order valence-electron chi connectivity index (χ3n) is 5.64. The summed E-state index contributed by atoms with van der Waals surface area (Å²) in [5, 5.41) is 0. The lowest BCUT2D eigenvalue weighted by molar-refractivity contribution is 0.0775. The number of nitrogens with zero attached hydrogens (tertiary/aromatic N) is 4. The molecule has 0 unspecified atom stereocenters. The summed E-state index contributed by atoms with van der Waals surface area (Å²) in [5.74, 6) is 1.64. The fourth-order valence-electron chi connectivity index (χ4n) is 3.94. The Kier molecular flexibility index (Phi) is 4.60. The fraction of sp³-hybridized carbons (Fsp3) is 0.476. The van der Waals surface area contributed by atoms with Gasteiger partial charge in [-0.3, -0.25) is 9.69 Å². The number of likely N-dealkylation sites (tertiary alicyclic amines) is 1. The molecule has 1 atom stereocenters. The smallest absolute Gasteiger partial charge is 0.257 e. The van der Waals surface area contributed by atoms with Gasteiger partial charge >= 0.3 is 0 Å². The summed E-state index contributed by atoms with van der Waals surface area (Å²) in [4.78, 5) is 25.9. The minimum Gasteiger partial charge on any atom is -0.492 e. The molecule has 0 bridgehead atoms. The van der Waals surface area contributed by atoms with Crippen LogP contribution in [-0.2, 0) is 12.0 Å². The molecule has 1 amide bonds. The number of benzene rings is 1. The van der Waals surface area contributed by atoms with Crippen LogP contribution in [0.4, 0.5) is 0 Å². The highest BCUT2D eigenvalue weighted by Gasteiger charge is 2.37. The number of fused-ring (bicyclic) bond motifs is 1. The number of rotatable bonds is 4. The van der Waals surface area contributed by atoms with Crippen LogP contribution in [0.2, 0.25) is 0 Å². The second-order valence-corrected chi connectivity index (χ2v) is 8.13. The van der Waals surface area contributed by atoms with Crippen molar-refractivity contribution in [2.45, 2.75) is 38.3 Å². The molecule has 3 heterocycles. The van der Waals surface area contributed by atoms with E-state index in [1.165, 1.54) is 0 Å². The standard InChI is InChI=1S/C21H26N4O2/c1-21(2)14-27-19-16(6-4-7-17(19)21)20(26)25-11-8-15(12-25)24(3)13-18-22-9-5-10-23-18/h4-7,9-10,15H,8,11-14H2,1-3H3/t15-/m1/s1. The first kappa shape index (κ1) is 17.9. The summed E-state index contributed by atoms with van der Waals surface area (Å²) < 4.78 is 5.90. The highest BCUT2D eigenvalue weighted by atomic mass is 16.5. The van der Waals surface area contributed by atoms with Gasteiger partial charge in [-0.15, -0.1) is 0 Å². The Hall–Kier alpha value is -2.47. The molecule has 1 aromatic carbocycles. The van der Waals surface area contributed by atoms with Crippen molar-refractivity contribution in [2.75, 3.05) is 26.7 Å². The molecule has 1 saturated heterocycles. The van der Waals surface area contributed by atoms with Crippen LogP contribution < -0.4 is 4.74 Å². The van der Waals surface area contributed by atoms with Gasteiger partial charge in [0, 0.05) is 42.5 Å². The zero-order valence-electron chi connectivity index (χ0n) is 16.2. The second kappa shape index (κ2) is 6.93. The van der Waals surface area contributed by atoms with E-state index in [1.54, 1.807) is 12.4 Å². The molecule has 4 rings (SSSR count). The van der Waals surface area contributed by atoms with Crippen LogP contribution in [0.1, 0.15) is 42.0 Å². The van der Waals surface area contributed by atoms with Crippen molar-refractivity contribution in [1.82, 2.24) is 19.8 Å². The van der Waals surface area contributed by atoms with E-state index in [0.29, 0.717) is 24.8 Å². The quantitative estimate of drug-likeness (QED) is 0.832. The number of carbonyl (C=O) groups excluding carboxylic acids is 1. The Morgan fingerprint density at radius 1 is 1.30 bits per heavy atom. The van der Waals surface area contributed by atoms with E-state index in [0.717, 1.165) is 36.6 Å². The molecule has 2 aromatic rings. The van der Waals surface area contributed by atoms with Gasteiger partial charge in [0.15, 0.2) is 0 Å². The molecule has 0 aliphatic carbocycles. The Morgan fingerprint density at radius 3 is 2.85 bits per heavy atom. The van der Waals surface area contributed by atoms with Crippen LogP contribution in [0.5, 0.6) is 5.75 Å². The van der Waals surface area contributed by atoms with Crippen LogP contribution in [0.15, 0.2) is 36.7 Å². The Morgan fingerprint density at radius 2 is 2.07 bits per heavy atom. The summed E-state index contributed by atoms with van der Waals surface area (Å²) in [5.41, 5.74) is 1.77. The Bertz CT molecular complexity index is 837. The summed E-state index contributed by atoms with van der Waals surface area (Å²) >= 11 is 0. The lowest BCUT2D eigenvalue weighted by Crippen LogP contribution is -2.36. The predicted molar refractivity (Wildman–Crippen MR) is 103 cm³/mol. The first-order chi connectivity index (χ1) is 13.0. The molecule has 0 N–H and O–H groups in total. The normalized spacial score (nSPS) is 20.6. The summed E-state index contributed by atoms with van der Waals surface area (Å²) in [7, 11) is 2.07. The van der Waals surface area contributed by atoms with E-state index in [-0.39, 0.29) is 11.3 Å². The van der Waals surface area contributed by atoms with E-state index in [9.17, 15) is 4.79 Å². The third kappa shape index (κ3) is 3.41. The second-order valence-electron chi connectivity index (χ2n) is 8.13. The molecule has 27 heavy (non-hydrogen) atoms. The molecular formula is C21H26N4O2. The zero-order valence-corrected chi connectivity index (χ0v) is 16.2. The molecule has 0 radical (unpaired) electrons. The van der Waals surface area contributed by atoms with Crippen LogP contribution >= 0.6 is 0 Å². The summed E-state index contributed by atoms with van der Waals surface area (Å²) in [6.07, 6.45) is 4.48. The number of likely N-dealkylation sites (N-methyl/N-ethyl adjacent to an activating group) is 1. The van der Waals surface area contributed by atoms with Crippen molar-refractivity contribution >= 4 is 5.91 Å². The highest BCUT2D eigenvalue weighted by molar-refractivity contribution is 5.98. The van der Waals surface area contributed by atoms with Crippen molar-refractivity contribution in [3.05, 3.63) is 53.6 Å². The number of amides is 1. The molecule has 6 heteroatoms. The van der Waals surface area contributed by atoms with Gasteiger partial charge in [0.05, 0.1) is 18.7 Å². The minimum atomic E-state index is -0.0466. The van der Waals surface area contributed by atoms with E-state index in [2.05, 4.69) is 41.8 Å². The van der Waals surface area contributed by atoms with Crippen LogP contribution in [0.25, 0.3) is 0 Å². The van der Waals surface area contributed by atoms with Gasteiger partial charge < -0.3 is 9.64 Å². The van der Waals surface area contributed by atoms with Crippen LogP contribution in [-0.4, -0.2) is 58.5 Å². The molecule has 1 aromatic heterocycles. The molecular weight excluding hydrogens is 340 g/mol. The van der Waals surface area contributed by atoms with E-state index >= 15 is 0 Å². The van der Waals surface area contributed by atoms with Crippen molar-refractivity contribution in [2.24, 2.45) is 0 Å². The number of hydrogen-bond acceptors (Lipinski definition) is 5. The van der Waals surface area contributed by atoms with Gasteiger partial charge in [0.25, 0.3) is 5.91 Å². The first-order valence-electron chi connectivity index (χ1n) is 9.47. The number of carbonyl (C=O) groups is 1. The molecule has 1 fully saturated rings.